The van der Waals surface area contributed by atoms with Crippen LogP contribution < -0.4 is 4.72 Å². The number of sulfonamides is 1. The molecule has 10 heteroatoms. The quantitative estimate of drug-likeness (QED) is 0.545. The summed E-state index contributed by atoms with van der Waals surface area (Å²) in [5, 5.41) is 9.92. The van der Waals surface area contributed by atoms with E-state index in [1.807, 2.05) is 4.57 Å². The summed E-state index contributed by atoms with van der Waals surface area (Å²) >= 11 is 6.15. The molecule has 8 nitrogen and oxygen atoms in total. The van der Waals surface area contributed by atoms with Crippen LogP contribution in [0.4, 0.5) is 0 Å². The molecule has 0 spiro atoms. The van der Waals surface area contributed by atoms with Gasteiger partial charge >= 0.3 is 5.97 Å². The molecular weight excluding hydrogens is 418 g/mol. The molecule has 0 bridgehead atoms. The van der Waals surface area contributed by atoms with Crippen LogP contribution in [0.2, 0.25) is 5.15 Å². The maximum atomic E-state index is 12.4. The van der Waals surface area contributed by atoms with Gasteiger partial charge in [-0.2, -0.15) is 4.72 Å². The van der Waals surface area contributed by atoms with Gasteiger partial charge in [0.05, 0.1) is 24.3 Å². The topological polar surface area (TPSA) is 111 Å². The lowest BCUT2D eigenvalue weighted by atomic mass is 10.2. The number of benzene rings is 1. The highest BCUT2D eigenvalue weighted by Crippen LogP contribution is 2.21. The van der Waals surface area contributed by atoms with Gasteiger partial charge in [-0.25, -0.2) is 13.4 Å². The first-order valence-electron chi connectivity index (χ1n) is 9.27. The Morgan fingerprint density at radius 3 is 2.55 bits per heavy atom. The first-order chi connectivity index (χ1) is 13.7. The molecule has 29 heavy (non-hydrogen) atoms. The van der Waals surface area contributed by atoms with Gasteiger partial charge in [0.25, 0.3) is 0 Å². The molecule has 1 unspecified atom stereocenters. The molecule has 0 saturated carbocycles. The van der Waals surface area contributed by atoms with Crippen molar-refractivity contribution in [2.75, 3.05) is 7.11 Å². The third kappa shape index (κ3) is 5.79. The average Bonchev–Trinajstić information content (AvgIpc) is 2.99. The SMILES string of the molecule is CCCCc1nc(Cl)c(CO)n1Cc1ccc(S(=O)(=O)NC(C)C(=O)OC)cc1. The number of ether oxygens (including phenoxy) is 1. The van der Waals surface area contributed by atoms with Gasteiger partial charge in [0, 0.05) is 13.0 Å². The summed E-state index contributed by atoms with van der Waals surface area (Å²) in [5.74, 6) is 0.115. The molecule has 0 amide bonds. The van der Waals surface area contributed by atoms with E-state index in [0.29, 0.717) is 12.2 Å². The number of aromatic nitrogens is 2. The second-order valence-electron chi connectivity index (χ2n) is 6.62. The van der Waals surface area contributed by atoms with Crippen LogP contribution >= 0.6 is 11.6 Å². The first-order valence-corrected chi connectivity index (χ1v) is 11.1. The number of halogens is 1. The number of imidazole rings is 1. The summed E-state index contributed by atoms with van der Waals surface area (Å²) in [5.41, 5.74) is 1.36. The smallest absolute Gasteiger partial charge is 0.323 e. The Hall–Kier alpha value is -1.94. The molecule has 2 rings (SSSR count). The van der Waals surface area contributed by atoms with Crippen LogP contribution in [0.25, 0.3) is 0 Å². The lowest BCUT2D eigenvalue weighted by molar-refractivity contribution is -0.142. The molecule has 0 saturated heterocycles. The van der Waals surface area contributed by atoms with Crippen molar-refractivity contribution in [3.63, 3.8) is 0 Å². The van der Waals surface area contributed by atoms with E-state index >= 15 is 0 Å². The van der Waals surface area contributed by atoms with Crippen molar-refractivity contribution >= 4 is 27.6 Å². The van der Waals surface area contributed by atoms with Crippen LogP contribution in [0.1, 0.15) is 43.8 Å². The lowest BCUT2D eigenvalue weighted by Crippen LogP contribution is -2.39. The van der Waals surface area contributed by atoms with Gasteiger partial charge in [0.2, 0.25) is 10.0 Å². The van der Waals surface area contributed by atoms with Crippen molar-refractivity contribution in [2.24, 2.45) is 0 Å². The fraction of sp³-hybridized carbons (Fsp3) is 0.474. The van der Waals surface area contributed by atoms with Gasteiger partial charge in [0.15, 0.2) is 5.15 Å². The lowest BCUT2D eigenvalue weighted by Gasteiger charge is -2.13. The van der Waals surface area contributed by atoms with E-state index in [4.69, 9.17) is 11.6 Å². The minimum absolute atomic E-state index is 0.0363. The van der Waals surface area contributed by atoms with Crippen molar-refractivity contribution in [1.29, 1.82) is 0 Å². The molecule has 1 aromatic carbocycles. The Balaban J connectivity index is 2.22. The van der Waals surface area contributed by atoms with Crippen molar-refractivity contribution in [2.45, 2.75) is 57.2 Å². The number of nitrogens with one attached hydrogen (secondary N) is 1. The van der Waals surface area contributed by atoms with Crippen molar-refractivity contribution in [3.05, 3.63) is 46.5 Å². The molecular formula is C19H26ClN3O5S. The Labute approximate surface area is 175 Å². The molecule has 0 radical (unpaired) electrons. The van der Waals surface area contributed by atoms with Gasteiger partial charge in [-0.3, -0.25) is 4.79 Å². The Morgan fingerprint density at radius 2 is 2.00 bits per heavy atom. The van der Waals surface area contributed by atoms with Gasteiger partial charge in [0.1, 0.15) is 11.9 Å². The van der Waals surface area contributed by atoms with Gasteiger partial charge in [-0.15, -0.1) is 0 Å². The van der Waals surface area contributed by atoms with Crippen LogP contribution in [0.3, 0.4) is 0 Å². The van der Waals surface area contributed by atoms with E-state index in [0.717, 1.165) is 30.7 Å². The fourth-order valence-electron chi connectivity index (χ4n) is 2.85. The standard InChI is InChI=1S/C19H26ClN3O5S/c1-4-5-6-17-21-18(20)16(12-24)23(17)11-14-7-9-15(10-8-14)29(26,27)22-13(2)19(25)28-3/h7-10,13,22,24H,4-6,11-12H2,1-3H3. The van der Waals surface area contributed by atoms with Crippen LogP contribution in [0.5, 0.6) is 0 Å². The van der Waals surface area contributed by atoms with E-state index in [1.165, 1.54) is 26.2 Å². The Bertz CT molecular complexity index is 941. The summed E-state index contributed by atoms with van der Waals surface area (Å²) in [6, 6.07) is 5.28. The summed E-state index contributed by atoms with van der Waals surface area (Å²) in [4.78, 5) is 15.8. The number of aliphatic hydroxyl groups is 1. The van der Waals surface area contributed by atoms with E-state index < -0.39 is 22.0 Å². The molecule has 1 atom stereocenters. The number of rotatable bonds is 10. The molecule has 0 aliphatic carbocycles. The fourth-order valence-corrected chi connectivity index (χ4v) is 4.30. The zero-order valence-corrected chi connectivity index (χ0v) is 18.3. The third-order valence-corrected chi connectivity index (χ3v) is 6.33. The average molecular weight is 444 g/mol. The molecule has 0 fully saturated rings. The van der Waals surface area contributed by atoms with Crippen molar-refractivity contribution in [1.82, 2.24) is 14.3 Å². The number of hydrogen-bond donors (Lipinski definition) is 2. The first kappa shape index (κ1) is 23.3. The highest BCUT2D eigenvalue weighted by Gasteiger charge is 2.22. The zero-order chi connectivity index (χ0) is 21.6. The van der Waals surface area contributed by atoms with Crippen LogP contribution in [-0.4, -0.2) is 42.2 Å². The molecule has 1 heterocycles. The molecule has 1 aromatic heterocycles. The van der Waals surface area contributed by atoms with Gasteiger partial charge < -0.3 is 14.4 Å². The third-order valence-electron chi connectivity index (χ3n) is 4.47. The normalized spacial score (nSPS) is 12.7. The zero-order valence-electron chi connectivity index (χ0n) is 16.7. The predicted octanol–water partition coefficient (Wildman–Crippen LogP) is 2.26. The van der Waals surface area contributed by atoms with Crippen LogP contribution in [0.15, 0.2) is 29.2 Å². The molecule has 2 N–H and O–H groups in total. The number of methoxy groups -OCH3 is 1. The van der Waals surface area contributed by atoms with E-state index in [-0.39, 0.29) is 16.7 Å². The number of unbranched alkanes of at least 4 members (excludes halogenated alkanes) is 1. The predicted molar refractivity (Wildman–Crippen MR) is 109 cm³/mol. The van der Waals surface area contributed by atoms with E-state index in [1.54, 1.807) is 12.1 Å². The highest BCUT2D eigenvalue weighted by molar-refractivity contribution is 7.89. The Morgan fingerprint density at radius 1 is 1.34 bits per heavy atom. The van der Waals surface area contributed by atoms with E-state index in [2.05, 4.69) is 21.4 Å². The minimum Gasteiger partial charge on any atom is -0.468 e. The number of aliphatic hydroxyl groups excluding tert-OH is 1. The number of carbonyl (C=O) groups is 1. The maximum Gasteiger partial charge on any atom is 0.323 e. The summed E-state index contributed by atoms with van der Waals surface area (Å²) in [7, 11) is -2.67. The molecule has 0 aliphatic rings. The number of hydrogen-bond acceptors (Lipinski definition) is 6. The summed E-state index contributed by atoms with van der Waals surface area (Å²) < 4.78 is 33.5. The molecule has 2 aromatic rings. The minimum atomic E-state index is -3.86. The summed E-state index contributed by atoms with van der Waals surface area (Å²) in [6.45, 7) is 3.66. The van der Waals surface area contributed by atoms with Gasteiger partial charge in [-0.05, 0) is 31.0 Å². The number of aryl methyl sites for hydroxylation is 1. The molecule has 0 aliphatic heterocycles. The van der Waals surface area contributed by atoms with Crippen LogP contribution in [-0.2, 0) is 39.1 Å². The monoisotopic (exact) mass is 443 g/mol. The number of carbonyl (C=O) groups excluding carboxylic acids is 1. The van der Waals surface area contributed by atoms with Crippen LogP contribution in [0, 0.1) is 0 Å². The van der Waals surface area contributed by atoms with Crippen molar-refractivity contribution in [3.8, 4) is 0 Å². The Kier molecular flexibility index (Phi) is 8.21. The number of nitrogens with zero attached hydrogens (tertiary/aromatic N) is 2. The largest absolute Gasteiger partial charge is 0.468 e. The second-order valence-corrected chi connectivity index (χ2v) is 8.70. The van der Waals surface area contributed by atoms with E-state index in [9.17, 15) is 18.3 Å². The van der Waals surface area contributed by atoms with Gasteiger partial charge in [-0.1, -0.05) is 37.1 Å². The second kappa shape index (κ2) is 10.2. The number of esters is 1. The molecule has 160 valence electrons. The summed E-state index contributed by atoms with van der Waals surface area (Å²) in [6.07, 6.45) is 2.68. The highest BCUT2D eigenvalue weighted by atomic mass is 35.5. The van der Waals surface area contributed by atoms with Crippen molar-refractivity contribution < 1.29 is 23.1 Å². The maximum absolute atomic E-state index is 12.4.